The molecule has 1 saturated heterocycles. The predicted octanol–water partition coefficient (Wildman–Crippen LogP) is 3.63. The number of rotatable bonds is 4. The minimum absolute atomic E-state index is 0.0137. The smallest absolute Gasteiger partial charge is 0.228 e. The maximum atomic E-state index is 12.3. The molecule has 1 amide bonds. The highest BCUT2D eigenvalue weighted by Crippen LogP contribution is 2.21. The van der Waals surface area contributed by atoms with E-state index in [1.54, 1.807) is 18.3 Å². The van der Waals surface area contributed by atoms with Crippen LogP contribution in [0.5, 0.6) is 0 Å². The number of pyridine rings is 2. The largest absolute Gasteiger partial charge is 0.310 e. The first-order valence-corrected chi connectivity index (χ1v) is 8.61. The van der Waals surface area contributed by atoms with Gasteiger partial charge in [-0.2, -0.15) is 0 Å². The normalized spacial score (nSPS) is 16.1. The van der Waals surface area contributed by atoms with Crippen LogP contribution in [0.4, 0.5) is 5.82 Å². The first-order valence-electron chi connectivity index (χ1n) is 7.85. The molecule has 5 nitrogen and oxygen atoms in total. The van der Waals surface area contributed by atoms with E-state index in [4.69, 9.17) is 23.2 Å². The second-order valence-electron chi connectivity index (χ2n) is 5.89. The van der Waals surface area contributed by atoms with Crippen molar-refractivity contribution in [2.24, 2.45) is 5.92 Å². The van der Waals surface area contributed by atoms with Crippen LogP contribution in [0.2, 0.25) is 10.2 Å². The average Bonchev–Trinajstić information content (AvgIpc) is 2.57. The van der Waals surface area contributed by atoms with Crippen molar-refractivity contribution in [3.63, 3.8) is 0 Å². The van der Waals surface area contributed by atoms with Crippen molar-refractivity contribution in [3.8, 4) is 0 Å². The highest BCUT2D eigenvalue weighted by atomic mass is 35.5. The first kappa shape index (κ1) is 17.1. The molecule has 0 atom stereocenters. The zero-order chi connectivity index (χ0) is 16.9. The van der Waals surface area contributed by atoms with Crippen molar-refractivity contribution in [1.29, 1.82) is 0 Å². The number of amides is 1. The Morgan fingerprint density at radius 2 is 2.00 bits per heavy atom. The number of hydrogen-bond donors (Lipinski definition) is 1. The van der Waals surface area contributed by atoms with Crippen LogP contribution in [0, 0.1) is 5.92 Å². The van der Waals surface area contributed by atoms with Crippen LogP contribution in [-0.2, 0) is 11.3 Å². The lowest BCUT2D eigenvalue weighted by atomic mass is 9.95. The van der Waals surface area contributed by atoms with E-state index in [0.29, 0.717) is 16.0 Å². The van der Waals surface area contributed by atoms with Crippen molar-refractivity contribution in [1.82, 2.24) is 14.9 Å². The van der Waals surface area contributed by atoms with Gasteiger partial charge >= 0.3 is 0 Å². The summed E-state index contributed by atoms with van der Waals surface area (Å²) >= 11 is 11.7. The summed E-state index contributed by atoms with van der Waals surface area (Å²) in [5, 5.41) is 3.92. The highest BCUT2D eigenvalue weighted by Gasteiger charge is 2.25. The maximum Gasteiger partial charge on any atom is 0.228 e. The summed E-state index contributed by atoms with van der Waals surface area (Å²) in [6.07, 6.45) is 4.91. The SMILES string of the molecule is O=C(Nc1ccc(Cl)cn1)C1CCN(Cc2ccnc(Cl)c2)CC1. The number of aromatic nitrogens is 2. The molecule has 0 bridgehead atoms. The molecule has 0 radical (unpaired) electrons. The molecule has 0 aromatic carbocycles. The third-order valence-electron chi connectivity index (χ3n) is 4.13. The summed E-state index contributed by atoms with van der Waals surface area (Å²) in [6.45, 7) is 2.59. The molecule has 24 heavy (non-hydrogen) atoms. The van der Waals surface area contributed by atoms with Crippen LogP contribution in [-0.4, -0.2) is 33.9 Å². The van der Waals surface area contributed by atoms with Gasteiger partial charge in [0.2, 0.25) is 5.91 Å². The summed E-state index contributed by atoms with van der Waals surface area (Å²) in [7, 11) is 0. The standard InChI is InChI=1S/C17H18Cl2N4O/c18-14-1-2-16(21-10-14)22-17(24)13-4-7-23(8-5-13)11-12-3-6-20-15(19)9-12/h1-3,6,9-10,13H,4-5,7-8,11H2,(H,21,22,24). The third kappa shape index (κ3) is 4.66. The van der Waals surface area contributed by atoms with Gasteiger partial charge in [0.15, 0.2) is 0 Å². The molecule has 126 valence electrons. The summed E-state index contributed by atoms with van der Waals surface area (Å²) in [6, 6.07) is 7.28. The van der Waals surface area contributed by atoms with E-state index in [2.05, 4.69) is 20.2 Å². The molecule has 3 rings (SSSR count). The molecular formula is C17H18Cl2N4O. The van der Waals surface area contributed by atoms with Gasteiger partial charge in [-0.15, -0.1) is 0 Å². The lowest BCUT2D eigenvalue weighted by Gasteiger charge is -2.31. The van der Waals surface area contributed by atoms with E-state index in [9.17, 15) is 4.79 Å². The Morgan fingerprint density at radius 3 is 2.67 bits per heavy atom. The summed E-state index contributed by atoms with van der Waals surface area (Å²) in [5.74, 6) is 0.578. The van der Waals surface area contributed by atoms with Crippen molar-refractivity contribution in [3.05, 3.63) is 52.4 Å². The van der Waals surface area contributed by atoms with Crippen molar-refractivity contribution < 1.29 is 4.79 Å². The number of piperidine rings is 1. The van der Waals surface area contributed by atoms with E-state index in [-0.39, 0.29) is 11.8 Å². The molecule has 1 aliphatic rings. The highest BCUT2D eigenvalue weighted by molar-refractivity contribution is 6.30. The first-order chi connectivity index (χ1) is 11.6. The van der Waals surface area contributed by atoms with Crippen molar-refractivity contribution in [2.45, 2.75) is 19.4 Å². The lowest BCUT2D eigenvalue weighted by Crippen LogP contribution is -2.37. The Bertz CT molecular complexity index is 700. The Labute approximate surface area is 151 Å². The second kappa shape index (κ2) is 7.92. The van der Waals surface area contributed by atoms with Gasteiger partial charge in [-0.05, 0) is 55.8 Å². The quantitative estimate of drug-likeness (QED) is 0.841. The van der Waals surface area contributed by atoms with E-state index in [1.165, 1.54) is 6.20 Å². The number of likely N-dealkylation sites (tertiary alicyclic amines) is 1. The van der Waals surface area contributed by atoms with E-state index in [0.717, 1.165) is 38.0 Å². The molecule has 3 heterocycles. The zero-order valence-electron chi connectivity index (χ0n) is 13.1. The average molecular weight is 365 g/mol. The number of halogens is 2. The fraction of sp³-hybridized carbons (Fsp3) is 0.353. The van der Waals surface area contributed by atoms with Crippen LogP contribution in [0.3, 0.4) is 0 Å². The van der Waals surface area contributed by atoms with Crippen LogP contribution < -0.4 is 5.32 Å². The number of hydrogen-bond acceptors (Lipinski definition) is 4. The summed E-state index contributed by atoms with van der Waals surface area (Å²) in [5.41, 5.74) is 1.14. The third-order valence-corrected chi connectivity index (χ3v) is 4.56. The number of nitrogens with one attached hydrogen (secondary N) is 1. The van der Waals surface area contributed by atoms with E-state index < -0.39 is 0 Å². The number of carbonyl (C=O) groups is 1. The molecule has 1 N–H and O–H groups in total. The summed E-state index contributed by atoms with van der Waals surface area (Å²) in [4.78, 5) is 22.8. The molecule has 7 heteroatoms. The van der Waals surface area contributed by atoms with Crippen LogP contribution >= 0.6 is 23.2 Å². The van der Waals surface area contributed by atoms with E-state index in [1.807, 2.05) is 12.1 Å². The molecule has 0 aliphatic carbocycles. The molecule has 1 fully saturated rings. The van der Waals surface area contributed by atoms with Gasteiger partial charge in [0.1, 0.15) is 11.0 Å². The maximum absolute atomic E-state index is 12.3. The molecular weight excluding hydrogens is 347 g/mol. The molecule has 0 spiro atoms. The van der Waals surface area contributed by atoms with Crippen molar-refractivity contribution in [2.75, 3.05) is 18.4 Å². The monoisotopic (exact) mass is 364 g/mol. The Hall–Kier alpha value is -1.69. The van der Waals surface area contributed by atoms with Gasteiger partial charge in [-0.3, -0.25) is 9.69 Å². The van der Waals surface area contributed by atoms with Crippen LogP contribution in [0.25, 0.3) is 0 Å². The van der Waals surface area contributed by atoms with Gasteiger partial charge in [0.25, 0.3) is 0 Å². The summed E-state index contributed by atoms with van der Waals surface area (Å²) < 4.78 is 0. The van der Waals surface area contributed by atoms with Crippen molar-refractivity contribution >= 4 is 34.9 Å². The molecule has 0 unspecified atom stereocenters. The second-order valence-corrected chi connectivity index (χ2v) is 6.71. The minimum Gasteiger partial charge on any atom is -0.310 e. The molecule has 1 aliphatic heterocycles. The van der Waals surface area contributed by atoms with Crippen LogP contribution in [0.1, 0.15) is 18.4 Å². The number of nitrogens with zero attached hydrogens (tertiary/aromatic N) is 3. The molecule has 2 aromatic heterocycles. The lowest BCUT2D eigenvalue weighted by molar-refractivity contribution is -0.121. The molecule has 2 aromatic rings. The van der Waals surface area contributed by atoms with Crippen LogP contribution in [0.15, 0.2) is 36.7 Å². The van der Waals surface area contributed by atoms with Gasteiger partial charge in [-0.25, -0.2) is 9.97 Å². The van der Waals surface area contributed by atoms with Gasteiger partial charge in [0, 0.05) is 24.9 Å². The van der Waals surface area contributed by atoms with Gasteiger partial charge < -0.3 is 5.32 Å². The topological polar surface area (TPSA) is 58.1 Å². The Morgan fingerprint density at radius 1 is 1.21 bits per heavy atom. The van der Waals surface area contributed by atoms with E-state index >= 15 is 0 Å². The molecule has 0 saturated carbocycles. The number of carbonyl (C=O) groups excluding carboxylic acids is 1. The fourth-order valence-electron chi connectivity index (χ4n) is 2.83. The van der Waals surface area contributed by atoms with Gasteiger partial charge in [0.05, 0.1) is 5.02 Å². The fourth-order valence-corrected chi connectivity index (χ4v) is 3.14. The Balaban J connectivity index is 1.49. The Kier molecular flexibility index (Phi) is 5.66. The van der Waals surface area contributed by atoms with Gasteiger partial charge in [-0.1, -0.05) is 23.2 Å². The number of anilines is 1. The predicted molar refractivity (Wildman–Crippen MR) is 95.1 cm³/mol. The zero-order valence-corrected chi connectivity index (χ0v) is 14.6. The minimum atomic E-state index is 0.0137.